The third-order valence-electron chi connectivity index (χ3n) is 13.9. The van der Waals surface area contributed by atoms with Crippen molar-refractivity contribution >= 4 is 66.9 Å². The summed E-state index contributed by atoms with van der Waals surface area (Å²) in [6, 6.07) is 20.8. The number of halogens is 1. The van der Waals surface area contributed by atoms with Crippen LogP contribution in [0.3, 0.4) is 0 Å². The SMILES string of the molecule is CC1(C)CCC(CN2CCN(c3ccc(C(=O)NS(=O)(=O)c4ccc(OCC5CCC(C)(O)CC5)c([N+](=O)[O-])c4)c(N4CCCOc5nc6[nH]ccc6cc54)c3)CC2)=C(c2ccc(Cl)cc2)C1. The largest absolute Gasteiger partial charge is 0.487 e. The van der Waals surface area contributed by atoms with Gasteiger partial charge in [-0.3, -0.25) is 19.8 Å². The number of allylic oxidation sites excluding steroid dienone is 1. The Morgan fingerprint density at radius 3 is 2.49 bits per heavy atom. The highest BCUT2D eigenvalue weighted by Crippen LogP contribution is 2.44. The Morgan fingerprint density at radius 1 is 0.985 bits per heavy atom. The molecule has 3 N–H and O–H groups in total. The summed E-state index contributed by atoms with van der Waals surface area (Å²) in [5.41, 5.74) is 5.78. The number of aromatic nitrogens is 2. The first-order chi connectivity index (χ1) is 32.0. The highest BCUT2D eigenvalue weighted by atomic mass is 35.5. The van der Waals surface area contributed by atoms with E-state index in [0.717, 1.165) is 74.1 Å². The number of piperazine rings is 1. The van der Waals surface area contributed by atoms with Gasteiger partial charge in [0.05, 0.1) is 39.9 Å². The molecule has 354 valence electrons. The van der Waals surface area contributed by atoms with Crippen LogP contribution in [0.2, 0.25) is 5.02 Å². The first-order valence-electron chi connectivity index (χ1n) is 23.2. The van der Waals surface area contributed by atoms with Gasteiger partial charge in [-0.25, -0.2) is 13.1 Å². The van der Waals surface area contributed by atoms with Gasteiger partial charge in [0, 0.05) is 67.6 Å². The molecule has 2 aliphatic carbocycles. The van der Waals surface area contributed by atoms with Crippen molar-refractivity contribution in [1.29, 1.82) is 0 Å². The molecule has 15 nitrogen and oxygen atoms in total. The average Bonchev–Trinajstić information content (AvgIpc) is 3.66. The van der Waals surface area contributed by atoms with Crippen molar-refractivity contribution in [1.82, 2.24) is 19.6 Å². The van der Waals surface area contributed by atoms with Crippen molar-refractivity contribution in [2.45, 2.75) is 82.6 Å². The number of aliphatic hydroxyl groups is 1. The second-order valence-electron chi connectivity index (χ2n) is 19.5. The summed E-state index contributed by atoms with van der Waals surface area (Å²) in [5.74, 6) is -0.497. The van der Waals surface area contributed by atoms with Gasteiger partial charge in [0.25, 0.3) is 15.9 Å². The fraction of sp³-hybridized carbons (Fsp3) is 0.440. The van der Waals surface area contributed by atoms with Crippen LogP contribution in [0, 0.1) is 21.4 Å². The Hall–Kier alpha value is -5.68. The number of hydrogen-bond donors (Lipinski definition) is 3. The molecule has 9 rings (SSSR count). The van der Waals surface area contributed by atoms with Crippen LogP contribution < -0.4 is 24.0 Å². The van der Waals surface area contributed by atoms with E-state index < -0.39 is 37.0 Å². The van der Waals surface area contributed by atoms with Crippen molar-refractivity contribution in [3.63, 3.8) is 0 Å². The molecule has 4 heterocycles. The van der Waals surface area contributed by atoms with Gasteiger partial charge in [0.1, 0.15) is 11.3 Å². The van der Waals surface area contributed by atoms with Crippen molar-refractivity contribution < 1.29 is 32.7 Å². The number of aromatic amines is 1. The molecule has 0 atom stereocenters. The van der Waals surface area contributed by atoms with E-state index in [-0.39, 0.29) is 29.3 Å². The number of anilines is 3. The standard InChI is InChI=1S/C50H58ClN7O8S/c1-49(2)17-15-36(41(30-49)34-5-7-37(51)8-6-34)31-55-22-24-56(25-23-55)38-9-11-40(42(28-38)57-21-4-26-65-48-44(57)27-35-16-20-52-46(35)53-48)47(59)54-67(63,64)39-10-12-45(43(29-39)58(61)62)66-32-33-13-18-50(3,60)19-14-33/h5-12,16,20,27-29,33,60H,4,13-15,17-19,21-26,30-32H2,1-3H3,(H,52,53)(H,54,59). The normalized spacial score (nSPS) is 21.4. The van der Waals surface area contributed by atoms with Crippen LogP contribution in [0.4, 0.5) is 22.7 Å². The lowest BCUT2D eigenvalue weighted by Gasteiger charge is -2.39. The predicted octanol–water partition coefficient (Wildman–Crippen LogP) is 9.27. The number of nitro benzene ring substituents is 1. The number of hydrogen-bond acceptors (Lipinski definition) is 12. The van der Waals surface area contributed by atoms with Crippen LogP contribution in [0.5, 0.6) is 11.6 Å². The molecule has 2 aliphatic heterocycles. The third-order valence-corrected chi connectivity index (χ3v) is 15.5. The molecular weight excluding hydrogens is 894 g/mol. The minimum absolute atomic E-state index is 0.0729. The third kappa shape index (κ3) is 10.4. The molecule has 0 spiro atoms. The van der Waals surface area contributed by atoms with E-state index in [9.17, 15) is 28.4 Å². The number of sulfonamides is 1. The molecule has 2 aromatic heterocycles. The van der Waals surface area contributed by atoms with Gasteiger partial charge >= 0.3 is 5.69 Å². The van der Waals surface area contributed by atoms with E-state index in [1.807, 2.05) is 41.3 Å². The number of nitro groups is 1. The van der Waals surface area contributed by atoms with Crippen LogP contribution in [0.25, 0.3) is 16.6 Å². The topological polar surface area (TPSA) is 183 Å². The number of nitrogens with one attached hydrogen (secondary N) is 2. The van der Waals surface area contributed by atoms with E-state index in [1.54, 1.807) is 19.2 Å². The number of ether oxygens (including phenoxy) is 2. The van der Waals surface area contributed by atoms with Crippen LogP contribution in [-0.2, 0) is 10.0 Å². The maximum absolute atomic E-state index is 14.4. The Morgan fingerprint density at radius 2 is 1.75 bits per heavy atom. The molecule has 0 unspecified atom stereocenters. The quantitative estimate of drug-likeness (QED) is 0.0797. The van der Waals surface area contributed by atoms with Crippen molar-refractivity contribution in [3.05, 3.63) is 111 Å². The molecule has 1 saturated heterocycles. The van der Waals surface area contributed by atoms with Gasteiger partial charge in [0.2, 0.25) is 5.88 Å². The van der Waals surface area contributed by atoms with E-state index in [1.165, 1.54) is 28.8 Å². The van der Waals surface area contributed by atoms with Gasteiger partial charge < -0.3 is 29.4 Å². The van der Waals surface area contributed by atoms with Crippen molar-refractivity contribution in [2.75, 3.05) is 62.3 Å². The van der Waals surface area contributed by atoms with E-state index in [4.69, 9.17) is 26.1 Å². The summed E-state index contributed by atoms with van der Waals surface area (Å²) in [4.78, 5) is 40.1. The molecule has 5 aromatic rings. The Balaban J connectivity index is 0.975. The van der Waals surface area contributed by atoms with Crippen LogP contribution in [-0.4, -0.2) is 97.3 Å². The van der Waals surface area contributed by atoms with Crippen LogP contribution >= 0.6 is 11.6 Å². The monoisotopic (exact) mass is 951 g/mol. The Labute approximate surface area is 396 Å². The van der Waals surface area contributed by atoms with Gasteiger partial charge in [-0.15, -0.1) is 0 Å². The molecular formula is C50H58ClN7O8S. The molecule has 0 bridgehead atoms. The van der Waals surface area contributed by atoms with Crippen molar-refractivity contribution in [3.8, 4) is 11.6 Å². The summed E-state index contributed by atoms with van der Waals surface area (Å²) < 4.78 is 42.1. The Kier molecular flexibility index (Phi) is 13.0. The zero-order chi connectivity index (χ0) is 47.1. The summed E-state index contributed by atoms with van der Waals surface area (Å²) in [6.07, 6.45) is 8.17. The maximum Gasteiger partial charge on any atom is 0.312 e. The molecule has 0 radical (unpaired) electrons. The number of carbonyl (C=O) groups excluding carboxylic acids is 1. The molecule has 3 aromatic carbocycles. The van der Waals surface area contributed by atoms with E-state index in [0.29, 0.717) is 68.2 Å². The lowest BCUT2D eigenvalue weighted by molar-refractivity contribution is -0.386. The lowest BCUT2D eigenvalue weighted by atomic mass is 9.72. The molecule has 67 heavy (non-hydrogen) atoms. The fourth-order valence-electron chi connectivity index (χ4n) is 9.88. The molecule has 1 saturated carbocycles. The number of fused-ring (bicyclic) bond motifs is 2. The summed E-state index contributed by atoms with van der Waals surface area (Å²) in [5, 5.41) is 24.1. The maximum atomic E-state index is 14.4. The highest BCUT2D eigenvalue weighted by Gasteiger charge is 2.33. The number of nitrogens with zero attached hydrogens (tertiary/aromatic N) is 5. The number of carbonyl (C=O) groups is 1. The minimum atomic E-state index is -4.62. The minimum Gasteiger partial charge on any atom is -0.487 e. The zero-order valence-electron chi connectivity index (χ0n) is 38.2. The lowest BCUT2D eigenvalue weighted by Crippen LogP contribution is -2.47. The first kappa shape index (κ1) is 46.4. The second-order valence-corrected chi connectivity index (χ2v) is 21.7. The first-order valence-corrected chi connectivity index (χ1v) is 25.0. The highest BCUT2D eigenvalue weighted by molar-refractivity contribution is 7.90. The number of rotatable bonds is 12. The smallest absolute Gasteiger partial charge is 0.312 e. The van der Waals surface area contributed by atoms with Crippen LogP contribution in [0.1, 0.15) is 88.1 Å². The molecule has 2 fully saturated rings. The second kappa shape index (κ2) is 18.8. The van der Waals surface area contributed by atoms with Gasteiger partial charge in [-0.05, 0) is 135 Å². The summed E-state index contributed by atoms with van der Waals surface area (Å²) in [7, 11) is -4.62. The van der Waals surface area contributed by atoms with Gasteiger partial charge in [0.15, 0.2) is 5.75 Å². The fourth-order valence-corrected chi connectivity index (χ4v) is 11.0. The molecule has 1 amide bonds. The van der Waals surface area contributed by atoms with E-state index >= 15 is 0 Å². The number of H-pyrrole nitrogens is 1. The summed E-state index contributed by atoms with van der Waals surface area (Å²) in [6.45, 7) is 11.5. The van der Waals surface area contributed by atoms with Gasteiger partial charge in [-0.2, -0.15) is 4.98 Å². The predicted molar refractivity (Wildman–Crippen MR) is 260 cm³/mol. The van der Waals surface area contributed by atoms with Crippen LogP contribution in [0.15, 0.2) is 89.5 Å². The molecule has 17 heteroatoms. The zero-order valence-corrected chi connectivity index (χ0v) is 39.8. The average molecular weight is 953 g/mol. The van der Waals surface area contributed by atoms with Crippen molar-refractivity contribution in [2.24, 2.45) is 11.3 Å². The van der Waals surface area contributed by atoms with Gasteiger partial charge in [-0.1, -0.05) is 43.2 Å². The molecule has 4 aliphatic rings. The summed E-state index contributed by atoms with van der Waals surface area (Å²) >= 11 is 6.27. The number of benzene rings is 3. The number of amides is 1. The Bertz CT molecular complexity index is 2810. The van der Waals surface area contributed by atoms with E-state index in [2.05, 4.69) is 45.5 Å². The number of pyridine rings is 1.